The molecule has 5 heteroatoms. The number of halogens is 1. The molecule has 0 unspecified atom stereocenters. The Balaban J connectivity index is 0.00000144. The van der Waals surface area contributed by atoms with Crippen LogP contribution in [0.5, 0.6) is 0 Å². The highest BCUT2D eigenvalue weighted by molar-refractivity contribution is 7.14. The van der Waals surface area contributed by atoms with Gasteiger partial charge in [-0.3, -0.25) is 4.79 Å². The van der Waals surface area contributed by atoms with Gasteiger partial charge in [-0.1, -0.05) is 6.92 Å². The van der Waals surface area contributed by atoms with Crippen LogP contribution in [0.4, 0.5) is 0 Å². The third-order valence-corrected chi connectivity index (χ3v) is 4.10. The zero-order valence-corrected chi connectivity index (χ0v) is 11.9. The topological polar surface area (TPSA) is 32.3 Å². The van der Waals surface area contributed by atoms with E-state index in [4.69, 9.17) is 0 Å². The van der Waals surface area contributed by atoms with Gasteiger partial charge in [-0.2, -0.15) is 0 Å². The summed E-state index contributed by atoms with van der Waals surface area (Å²) in [5.41, 5.74) is 1.31. The van der Waals surface area contributed by atoms with E-state index in [-0.39, 0.29) is 18.3 Å². The van der Waals surface area contributed by atoms with Gasteiger partial charge in [0.25, 0.3) is 5.91 Å². The van der Waals surface area contributed by atoms with Crippen LogP contribution in [0.3, 0.4) is 0 Å². The zero-order valence-electron chi connectivity index (χ0n) is 10.3. The minimum absolute atomic E-state index is 0. The molecule has 1 amide bonds. The van der Waals surface area contributed by atoms with Crippen LogP contribution in [0, 0.1) is 6.92 Å². The summed E-state index contributed by atoms with van der Waals surface area (Å²) in [5, 5.41) is 3.26. The van der Waals surface area contributed by atoms with E-state index in [1.165, 1.54) is 10.4 Å². The average molecular weight is 275 g/mol. The number of carbonyl (C=O) groups is 1. The number of nitrogens with zero attached hydrogens (tertiary/aromatic N) is 1. The Hall–Kier alpha value is -0.580. The standard InChI is InChI=1S/C12H18N2OS.ClH/c1-3-10-8-11(16-9(10)2)12(15)14-6-4-13-5-7-14;/h8,13H,3-7H2,1-2H3;1H. The van der Waals surface area contributed by atoms with Crippen molar-refractivity contribution in [3.63, 3.8) is 0 Å². The summed E-state index contributed by atoms with van der Waals surface area (Å²) in [7, 11) is 0. The van der Waals surface area contributed by atoms with Crippen LogP contribution >= 0.6 is 23.7 Å². The summed E-state index contributed by atoms with van der Waals surface area (Å²) >= 11 is 1.63. The molecule has 1 N–H and O–H groups in total. The maximum atomic E-state index is 12.2. The number of nitrogens with one attached hydrogen (secondary N) is 1. The Labute approximate surface area is 113 Å². The maximum absolute atomic E-state index is 12.2. The van der Waals surface area contributed by atoms with Crippen molar-refractivity contribution in [3.05, 3.63) is 21.4 Å². The Morgan fingerprint density at radius 3 is 2.65 bits per heavy atom. The second kappa shape index (κ2) is 6.38. The first-order chi connectivity index (χ1) is 7.72. The third-order valence-electron chi connectivity index (χ3n) is 3.02. The van der Waals surface area contributed by atoms with Gasteiger partial charge in [-0.25, -0.2) is 0 Å². The van der Waals surface area contributed by atoms with E-state index in [0.29, 0.717) is 0 Å². The van der Waals surface area contributed by atoms with Crippen LogP contribution in [-0.4, -0.2) is 37.0 Å². The van der Waals surface area contributed by atoms with Crippen LogP contribution in [0.25, 0.3) is 0 Å². The second-order valence-corrected chi connectivity index (χ2v) is 5.34. The van der Waals surface area contributed by atoms with Crippen LogP contribution in [0.15, 0.2) is 6.07 Å². The van der Waals surface area contributed by atoms with Gasteiger partial charge in [0.05, 0.1) is 4.88 Å². The number of hydrogen-bond donors (Lipinski definition) is 1. The molecule has 0 saturated carbocycles. The monoisotopic (exact) mass is 274 g/mol. The lowest BCUT2D eigenvalue weighted by atomic mass is 10.2. The lowest BCUT2D eigenvalue weighted by Gasteiger charge is -2.26. The number of carbonyl (C=O) groups excluding carboxylic acids is 1. The van der Waals surface area contributed by atoms with Gasteiger partial charge in [0.2, 0.25) is 0 Å². The van der Waals surface area contributed by atoms with Crippen LogP contribution in [-0.2, 0) is 6.42 Å². The molecular weight excluding hydrogens is 256 g/mol. The van der Waals surface area contributed by atoms with Gasteiger partial charge in [0.1, 0.15) is 0 Å². The van der Waals surface area contributed by atoms with E-state index in [2.05, 4.69) is 25.2 Å². The maximum Gasteiger partial charge on any atom is 0.264 e. The number of hydrogen-bond acceptors (Lipinski definition) is 3. The molecule has 17 heavy (non-hydrogen) atoms. The van der Waals surface area contributed by atoms with E-state index in [9.17, 15) is 4.79 Å². The normalized spacial score (nSPS) is 15.5. The smallest absolute Gasteiger partial charge is 0.264 e. The molecule has 0 aliphatic carbocycles. The Bertz CT molecular complexity index is 386. The van der Waals surface area contributed by atoms with Crippen molar-refractivity contribution >= 4 is 29.7 Å². The molecule has 1 aliphatic rings. The van der Waals surface area contributed by atoms with Crippen LogP contribution in [0.2, 0.25) is 0 Å². The SMILES string of the molecule is CCc1cc(C(=O)N2CCNCC2)sc1C.Cl. The van der Waals surface area contributed by atoms with Crippen molar-refractivity contribution in [2.45, 2.75) is 20.3 Å². The molecule has 0 bridgehead atoms. The fraction of sp³-hybridized carbons (Fsp3) is 0.583. The van der Waals surface area contributed by atoms with Gasteiger partial charge < -0.3 is 10.2 Å². The first-order valence-electron chi connectivity index (χ1n) is 5.81. The van der Waals surface area contributed by atoms with E-state index in [1.54, 1.807) is 11.3 Å². The minimum Gasteiger partial charge on any atom is -0.335 e. The predicted molar refractivity (Wildman–Crippen MR) is 74.5 cm³/mol. The van der Waals surface area contributed by atoms with E-state index in [0.717, 1.165) is 37.5 Å². The number of amides is 1. The number of rotatable bonds is 2. The summed E-state index contributed by atoms with van der Waals surface area (Å²) in [6, 6.07) is 2.06. The van der Waals surface area contributed by atoms with Crippen molar-refractivity contribution in [2.75, 3.05) is 26.2 Å². The number of piperazine rings is 1. The number of thiophene rings is 1. The summed E-state index contributed by atoms with van der Waals surface area (Å²) < 4.78 is 0. The molecule has 1 fully saturated rings. The first-order valence-corrected chi connectivity index (χ1v) is 6.63. The molecule has 1 aromatic rings. The number of aryl methyl sites for hydroxylation is 2. The van der Waals surface area contributed by atoms with Gasteiger partial charge in [0.15, 0.2) is 0 Å². The highest BCUT2D eigenvalue weighted by atomic mass is 35.5. The third kappa shape index (κ3) is 3.21. The molecule has 0 atom stereocenters. The highest BCUT2D eigenvalue weighted by Crippen LogP contribution is 2.23. The van der Waals surface area contributed by atoms with Crippen LogP contribution < -0.4 is 5.32 Å². The molecule has 0 spiro atoms. The fourth-order valence-corrected chi connectivity index (χ4v) is 3.08. The summed E-state index contributed by atoms with van der Waals surface area (Å²) in [6.45, 7) is 7.72. The molecule has 1 aliphatic heterocycles. The summed E-state index contributed by atoms with van der Waals surface area (Å²) in [5.74, 6) is 0.203. The first kappa shape index (κ1) is 14.5. The molecule has 1 saturated heterocycles. The second-order valence-electron chi connectivity index (χ2n) is 4.09. The molecule has 0 aromatic carbocycles. The van der Waals surface area contributed by atoms with Gasteiger partial charge in [-0.05, 0) is 25.0 Å². The average Bonchev–Trinajstić information content (AvgIpc) is 2.71. The molecule has 3 nitrogen and oxygen atoms in total. The molecule has 2 rings (SSSR count). The minimum atomic E-state index is 0. The Morgan fingerprint density at radius 1 is 1.47 bits per heavy atom. The largest absolute Gasteiger partial charge is 0.335 e. The summed E-state index contributed by atoms with van der Waals surface area (Å²) in [6.07, 6.45) is 1.01. The van der Waals surface area contributed by atoms with E-state index in [1.807, 2.05) is 4.90 Å². The van der Waals surface area contributed by atoms with Crippen molar-refractivity contribution in [1.82, 2.24) is 10.2 Å². The van der Waals surface area contributed by atoms with Crippen molar-refractivity contribution in [1.29, 1.82) is 0 Å². The van der Waals surface area contributed by atoms with Crippen molar-refractivity contribution in [3.8, 4) is 0 Å². The summed E-state index contributed by atoms with van der Waals surface area (Å²) in [4.78, 5) is 16.3. The van der Waals surface area contributed by atoms with Gasteiger partial charge >= 0.3 is 0 Å². The molecule has 0 radical (unpaired) electrons. The van der Waals surface area contributed by atoms with E-state index >= 15 is 0 Å². The van der Waals surface area contributed by atoms with Crippen molar-refractivity contribution < 1.29 is 4.79 Å². The molecule has 2 heterocycles. The predicted octanol–water partition coefficient (Wildman–Crippen LogP) is 2.09. The van der Waals surface area contributed by atoms with E-state index < -0.39 is 0 Å². The quantitative estimate of drug-likeness (QED) is 0.896. The van der Waals surface area contributed by atoms with Crippen LogP contribution in [0.1, 0.15) is 27.0 Å². The Morgan fingerprint density at radius 2 is 2.12 bits per heavy atom. The highest BCUT2D eigenvalue weighted by Gasteiger charge is 2.20. The lowest BCUT2D eigenvalue weighted by Crippen LogP contribution is -2.46. The van der Waals surface area contributed by atoms with Crippen molar-refractivity contribution in [2.24, 2.45) is 0 Å². The molecule has 96 valence electrons. The fourth-order valence-electron chi connectivity index (χ4n) is 2.00. The van der Waals surface area contributed by atoms with Gasteiger partial charge in [0, 0.05) is 31.1 Å². The molecule has 1 aromatic heterocycles. The lowest BCUT2D eigenvalue weighted by molar-refractivity contribution is 0.0740. The van der Waals surface area contributed by atoms with Gasteiger partial charge in [-0.15, -0.1) is 23.7 Å². The molecular formula is C12H19ClN2OS. The zero-order chi connectivity index (χ0) is 11.5. The Kier molecular flexibility index (Phi) is 5.43.